The van der Waals surface area contributed by atoms with Crippen molar-refractivity contribution in [1.82, 2.24) is 15.1 Å². The molecule has 1 fully saturated rings. The predicted molar refractivity (Wildman–Crippen MR) is 99.8 cm³/mol. The maximum Gasteiger partial charge on any atom is 0.275 e. The molecule has 1 aliphatic rings. The lowest BCUT2D eigenvalue weighted by Crippen LogP contribution is -2.42. The lowest BCUT2D eigenvalue weighted by Gasteiger charge is -2.23. The van der Waals surface area contributed by atoms with Gasteiger partial charge < -0.3 is 10.1 Å². The first-order valence-electron chi connectivity index (χ1n) is 8.53. The van der Waals surface area contributed by atoms with Gasteiger partial charge >= 0.3 is 0 Å². The Bertz CT molecular complexity index is 841. The summed E-state index contributed by atoms with van der Waals surface area (Å²) in [4.78, 5) is 25.1. The van der Waals surface area contributed by atoms with Gasteiger partial charge in [-0.25, -0.2) is 4.68 Å². The normalized spacial score (nSPS) is 15.7. The summed E-state index contributed by atoms with van der Waals surface area (Å²) in [6.45, 7) is 5.30. The van der Waals surface area contributed by atoms with Crippen LogP contribution in [0.1, 0.15) is 38.3 Å². The standard InChI is InChI=1S/C18H22BrN3O3/c1-11(2)17-15-9-12(19)3-4-14(15)18(24)22(21-17)10-16(23)20-13-5-7-25-8-6-13/h3-4,9,11,13H,5-8,10H2,1-2H3,(H,20,23). The van der Waals surface area contributed by atoms with Crippen LogP contribution in [0.4, 0.5) is 0 Å². The van der Waals surface area contributed by atoms with Crippen LogP contribution >= 0.6 is 15.9 Å². The van der Waals surface area contributed by atoms with E-state index in [4.69, 9.17) is 4.74 Å². The Balaban J connectivity index is 1.90. The molecular weight excluding hydrogens is 386 g/mol. The van der Waals surface area contributed by atoms with Gasteiger partial charge in [-0.15, -0.1) is 0 Å². The molecule has 3 rings (SSSR count). The number of nitrogens with zero attached hydrogens (tertiary/aromatic N) is 2. The smallest absolute Gasteiger partial charge is 0.275 e. The van der Waals surface area contributed by atoms with Gasteiger partial charge in [-0.1, -0.05) is 29.8 Å². The molecule has 1 saturated heterocycles. The zero-order valence-corrected chi connectivity index (χ0v) is 16.0. The number of rotatable bonds is 4. The Morgan fingerprint density at radius 3 is 2.76 bits per heavy atom. The van der Waals surface area contributed by atoms with Crippen molar-refractivity contribution < 1.29 is 9.53 Å². The van der Waals surface area contributed by atoms with Gasteiger partial charge in [0.2, 0.25) is 5.91 Å². The number of hydrogen-bond donors (Lipinski definition) is 1. The molecule has 134 valence electrons. The van der Waals surface area contributed by atoms with Crippen molar-refractivity contribution in [2.45, 2.75) is 45.2 Å². The van der Waals surface area contributed by atoms with Crippen LogP contribution in [0.25, 0.3) is 10.8 Å². The molecule has 0 unspecified atom stereocenters. The van der Waals surface area contributed by atoms with Gasteiger partial charge in [0.1, 0.15) is 6.54 Å². The lowest BCUT2D eigenvalue weighted by atomic mass is 10.0. The summed E-state index contributed by atoms with van der Waals surface area (Å²) in [7, 11) is 0. The number of ether oxygens (including phenoxy) is 1. The van der Waals surface area contributed by atoms with Crippen LogP contribution < -0.4 is 10.9 Å². The monoisotopic (exact) mass is 407 g/mol. The number of halogens is 1. The van der Waals surface area contributed by atoms with Crippen LogP contribution in [0.15, 0.2) is 27.5 Å². The molecule has 1 aromatic carbocycles. The third-order valence-corrected chi connectivity index (χ3v) is 4.87. The topological polar surface area (TPSA) is 73.2 Å². The molecule has 0 saturated carbocycles. The quantitative estimate of drug-likeness (QED) is 0.844. The number of hydrogen-bond acceptors (Lipinski definition) is 4. The molecule has 0 radical (unpaired) electrons. The first kappa shape index (κ1) is 18.1. The van der Waals surface area contributed by atoms with Crippen molar-refractivity contribution in [3.63, 3.8) is 0 Å². The van der Waals surface area contributed by atoms with Crippen molar-refractivity contribution >= 4 is 32.6 Å². The van der Waals surface area contributed by atoms with E-state index in [-0.39, 0.29) is 30.0 Å². The van der Waals surface area contributed by atoms with E-state index in [1.807, 2.05) is 26.0 Å². The van der Waals surface area contributed by atoms with Gasteiger partial charge in [0.05, 0.1) is 11.1 Å². The molecule has 0 aliphatic carbocycles. The first-order valence-corrected chi connectivity index (χ1v) is 9.32. The van der Waals surface area contributed by atoms with E-state index in [0.29, 0.717) is 18.6 Å². The van der Waals surface area contributed by atoms with Crippen LogP contribution in [0.2, 0.25) is 0 Å². The molecule has 0 atom stereocenters. The number of benzene rings is 1. The number of fused-ring (bicyclic) bond motifs is 1. The number of aromatic nitrogens is 2. The minimum atomic E-state index is -0.242. The van der Waals surface area contributed by atoms with Crippen molar-refractivity contribution in [1.29, 1.82) is 0 Å². The molecule has 7 heteroatoms. The molecule has 0 spiro atoms. The van der Waals surface area contributed by atoms with Gasteiger partial charge in [0.25, 0.3) is 5.56 Å². The second-order valence-electron chi connectivity index (χ2n) is 6.65. The zero-order chi connectivity index (χ0) is 18.0. The lowest BCUT2D eigenvalue weighted by molar-refractivity contribution is -0.123. The number of amides is 1. The molecule has 6 nitrogen and oxygen atoms in total. The Hall–Kier alpha value is -1.73. The third-order valence-electron chi connectivity index (χ3n) is 4.38. The Morgan fingerprint density at radius 1 is 1.36 bits per heavy atom. The van der Waals surface area contributed by atoms with Gasteiger partial charge in [0, 0.05) is 29.1 Å². The Labute approximate surface area is 154 Å². The summed E-state index contributed by atoms with van der Waals surface area (Å²) in [5, 5.41) is 8.86. The Kier molecular flexibility index (Phi) is 5.54. The molecule has 1 aliphatic heterocycles. The van der Waals surface area contributed by atoms with Crippen molar-refractivity contribution in [2.24, 2.45) is 0 Å². The van der Waals surface area contributed by atoms with Gasteiger partial charge in [0.15, 0.2) is 0 Å². The van der Waals surface area contributed by atoms with E-state index < -0.39 is 0 Å². The first-order chi connectivity index (χ1) is 12.0. The van der Waals surface area contributed by atoms with E-state index in [2.05, 4.69) is 26.3 Å². The fourth-order valence-corrected chi connectivity index (χ4v) is 3.43. The molecule has 2 heterocycles. The van der Waals surface area contributed by atoms with Crippen molar-refractivity contribution in [3.8, 4) is 0 Å². The highest BCUT2D eigenvalue weighted by Gasteiger charge is 2.19. The summed E-state index contributed by atoms with van der Waals surface area (Å²) in [5.41, 5.74) is 0.573. The van der Waals surface area contributed by atoms with E-state index in [0.717, 1.165) is 28.4 Å². The van der Waals surface area contributed by atoms with E-state index >= 15 is 0 Å². The minimum absolute atomic E-state index is 0.0675. The fourth-order valence-electron chi connectivity index (χ4n) is 3.07. The van der Waals surface area contributed by atoms with Gasteiger partial charge in [-0.05, 0) is 37.0 Å². The zero-order valence-electron chi connectivity index (χ0n) is 14.4. The van der Waals surface area contributed by atoms with Crippen LogP contribution in [0.3, 0.4) is 0 Å². The molecule has 1 N–H and O–H groups in total. The molecule has 1 amide bonds. The third kappa shape index (κ3) is 4.10. The van der Waals surface area contributed by atoms with Crippen LogP contribution in [-0.4, -0.2) is 34.9 Å². The SMILES string of the molecule is CC(C)c1nn(CC(=O)NC2CCOCC2)c(=O)c2ccc(Br)cc12. The number of carbonyl (C=O) groups excluding carboxylic acids is 1. The molecule has 25 heavy (non-hydrogen) atoms. The maximum atomic E-state index is 12.7. The van der Waals surface area contributed by atoms with Crippen LogP contribution in [0.5, 0.6) is 0 Å². The number of nitrogens with one attached hydrogen (secondary N) is 1. The molecular formula is C18H22BrN3O3. The second-order valence-corrected chi connectivity index (χ2v) is 7.56. The largest absolute Gasteiger partial charge is 0.381 e. The van der Waals surface area contributed by atoms with E-state index in [1.165, 1.54) is 4.68 Å². The van der Waals surface area contributed by atoms with Crippen molar-refractivity contribution in [2.75, 3.05) is 13.2 Å². The molecule has 0 bridgehead atoms. The van der Waals surface area contributed by atoms with E-state index in [1.54, 1.807) is 6.07 Å². The van der Waals surface area contributed by atoms with Crippen molar-refractivity contribution in [3.05, 3.63) is 38.7 Å². The predicted octanol–water partition coefficient (Wildman–Crippen LogP) is 2.58. The molecule has 1 aromatic heterocycles. The average molecular weight is 408 g/mol. The highest BCUT2D eigenvalue weighted by molar-refractivity contribution is 9.10. The maximum absolute atomic E-state index is 12.7. The van der Waals surface area contributed by atoms with Gasteiger partial charge in [-0.2, -0.15) is 5.10 Å². The molecule has 2 aromatic rings. The second kappa shape index (κ2) is 7.66. The highest BCUT2D eigenvalue weighted by atomic mass is 79.9. The number of carbonyl (C=O) groups is 1. The summed E-state index contributed by atoms with van der Waals surface area (Å²) in [5.74, 6) is -0.0464. The highest BCUT2D eigenvalue weighted by Crippen LogP contribution is 2.24. The average Bonchev–Trinajstić information content (AvgIpc) is 2.57. The van der Waals surface area contributed by atoms with Crippen LogP contribution in [0, 0.1) is 0 Å². The van der Waals surface area contributed by atoms with Gasteiger partial charge in [-0.3, -0.25) is 9.59 Å². The minimum Gasteiger partial charge on any atom is -0.381 e. The van der Waals surface area contributed by atoms with E-state index in [9.17, 15) is 9.59 Å². The fraction of sp³-hybridized carbons (Fsp3) is 0.500. The summed E-state index contributed by atoms with van der Waals surface area (Å²) < 4.78 is 7.47. The summed E-state index contributed by atoms with van der Waals surface area (Å²) in [6, 6.07) is 5.63. The Morgan fingerprint density at radius 2 is 2.08 bits per heavy atom. The summed E-state index contributed by atoms with van der Waals surface area (Å²) >= 11 is 3.44. The van der Waals surface area contributed by atoms with Crippen LogP contribution in [-0.2, 0) is 16.1 Å². The summed E-state index contributed by atoms with van der Waals surface area (Å²) in [6.07, 6.45) is 1.61.